The quantitative estimate of drug-likeness (QED) is 0.725. The summed E-state index contributed by atoms with van der Waals surface area (Å²) in [5.41, 5.74) is 1.47. The molecule has 17 heavy (non-hydrogen) atoms. The highest BCUT2D eigenvalue weighted by atomic mass is 16.1. The van der Waals surface area contributed by atoms with E-state index in [0.29, 0.717) is 11.5 Å². The predicted octanol–water partition coefficient (Wildman–Crippen LogP) is 0.838. The SMILES string of the molecule is Cc1[nH]ncc1C(=O)NCCC1CCCNC1. The highest BCUT2D eigenvalue weighted by molar-refractivity contribution is 5.94. The van der Waals surface area contributed by atoms with E-state index in [1.165, 1.54) is 12.8 Å². The topological polar surface area (TPSA) is 69.8 Å². The second-order valence-electron chi connectivity index (χ2n) is 4.67. The second-order valence-corrected chi connectivity index (χ2v) is 4.67. The number of H-pyrrole nitrogens is 1. The summed E-state index contributed by atoms with van der Waals surface area (Å²) >= 11 is 0. The molecule has 1 aliphatic heterocycles. The Bertz CT molecular complexity index is 368. The van der Waals surface area contributed by atoms with Crippen LogP contribution in [0.25, 0.3) is 0 Å². The van der Waals surface area contributed by atoms with Crippen molar-refractivity contribution in [1.82, 2.24) is 20.8 Å². The first-order chi connectivity index (χ1) is 8.27. The molecule has 0 spiro atoms. The van der Waals surface area contributed by atoms with Crippen LogP contribution in [0.2, 0.25) is 0 Å². The largest absolute Gasteiger partial charge is 0.352 e. The van der Waals surface area contributed by atoms with Crippen molar-refractivity contribution >= 4 is 5.91 Å². The average molecular weight is 236 g/mol. The predicted molar refractivity (Wildman–Crippen MR) is 65.9 cm³/mol. The van der Waals surface area contributed by atoms with Gasteiger partial charge in [0, 0.05) is 12.2 Å². The maximum atomic E-state index is 11.8. The van der Waals surface area contributed by atoms with E-state index >= 15 is 0 Å². The van der Waals surface area contributed by atoms with E-state index in [2.05, 4.69) is 20.8 Å². The van der Waals surface area contributed by atoms with Crippen molar-refractivity contribution in [2.75, 3.05) is 19.6 Å². The van der Waals surface area contributed by atoms with Crippen LogP contribution in [0.3, 0.4) is 0 Å². The first kappa shape index (κ1) is 12.1. The molecule has 0 saturated carbocycles. The van der Waals surface area contributed by atoms with Crippen LogP contribution in [-0.2, 0) is 0 Å². The van der Waals surface area contributed by atoms with E-state index in [1.54, 1.807) is 6.20 Å². The summed E-state index contributed by atoms with van der Waals surface area (Å²) in [4.78, 5) is 11.8. The van der Waals surface area contributed by atoms with Crippen molar-refractivity contribution in [2.24, 2.45) is 5.92 Å². The number of nitrogens with one attached hydrogen (secondary N) is 3. The number of rotatable bonds is 4. The number of piperidine rings is 1. The molecule has 1 aromatic rings. The van der Waals surface area contributed by atoms with Crippen molar-refractivity contribution in [3.8, 4) is 0 Å². The molecule has 0 aliphatic carbocycles. The molecule has 1 aromatic heterocycles. The fraction of sp³-hybridized carbons (Fsp3) is 0.667. The van der Waals surface area contributed by atoms with Crippen LogP contribution in [0, 0.1) is 12.8 Å². The number of nitrogens with zero attached hydrogens (tertiary/aromatic N) is 1. The summed E-state index contributed by atoms with van der Waals surface area (Å²) in [5, 5.41) is 12.9. The summed E-state index contributed by atoms with van der Waals surface area (Å²) in [6.07, 6.45) is 5.15. The summed E-state index contributed by atoms with van der Waals surface area (Å²) < 4.78 is 0. The summed E-state index contributed by atoms with van der Waals surface area (Å²) in [6.45, 7) is 4.82. The second kappa shape index (κ2) is 5.82. The number of hydrogen-bond donors (Lipinski definition) is 3. The molecule has 0 radical (unpaired) electrons. The number of aromatic nitrogens is 2. The minimum absolute atomic E-state index is 0.0278. The minimum Gasteiger partial charge on any atom is -0.352 e. The lowest BCUT2D eigenvalue weighted by atomic mass is 9.96. The number of hydrogen-bond acceptors (Lipinski definition) is 3. The minimum atomic E-state index is -0.0278. The zero-order valence-corrected chi connectivity index (χ0v) is 10.3. The Morgan fingerprint density at radius 1 is 1.65 bits per heavy atom. The fourth-order valence-corrected chi connectivity index (χ4v) is 2.24. The van der Waals surface area contributed by atoms with Gasteiger partial charge < -0.3 is 10.6 Å². The third kappa shape index (κ3) is 3.30. The van der Waals surface area contributed by atoms with Gasteiger partial charge >= 0.3 is 0 Å². The molecular weight excluding hydrogens is 216 g/mol. The van der Waals surface area contributed by atoms with Crippen LogP contribution in [0.1, 0.15) is 35.3 Å². The number of carbonyl (C=O) groups is 1. The molecule has 2 rings (SSSR count). The fourth-order valence-electron chi connectivity index (χ4n) is 2.24. The number of amides is 1. The maximum absolute atomic E-state index is 11.8. The van der Waals surface area contributed by atoms with E-state index in [4.69, 9.17) is 0 Å². The maximum Gasteiger partial charge on any atom is 0.254 e. The number of carbonyl (C=O) groups excluding carboxylic acids is 1. The van der Waals surface area contributed by atoms with Gasteiger partial charge in [-0.15, -0.1) is 0 Å². The Morgan fingerprint density at radius 2 is 2.53 bits per heavy atom. The molecular formula is C12H20N4O. The van der Waals surface area contributed by atoms with E-state index in [-0.39, 0.29) is 5.91 Å². The molecule has 1 unspecified atom stereocenters. The summed E-state index contributed by atoms with van der Waals surface area (Å²) in [7, 11) is 0. The van der Waals surface area contributed by atoms with Crippen molar-refractivity contribution in [1.29, 1.82) is 0 Å². The molecule has 1 atom stereocenters. The van der Waals surface area contributed by atoms with Crippen LogP contribution in [0.5, 0.6) is 0 Å². The Hall–Kier alpha value is -1.36. The van der Waals surface area contributed by atoms with E-state index in [0.717, 1.165) is 31.7 Å². The van der Waals surface area contributed by atoms with Gasteiger partial charge in [0.15, 0.2) is 0 Å². The van der Waals surface area contributed by atoms with Gasteiger partial charge in [0.1, 0.15) is 0 Å². The van der Waals surface area contributed by atoms with Gasteiger partial charge in [0.25, 0.3) is 5.91 Å². The van der Waals surface area contributed by atoms with Crippen molar-refractivity contribution in [3.05, 3.63) is 17.5 Å². The zero-order valence-electron chi connectivity index (χ0n) is 10.3. The Balaban J connectivity index is 1.71. The zero-order chi connectivity index (χ0) is 12.1. The molecule has 0 aromatic carbocycles. The standard InChI is InChI=1S/C12H20N4O/c1-9-11(8-15-16-9)12(17)14-6-4-10-3-2-5-13-7-10/h8,10,13H,2-7H2,1H3,(H,14,17)(H,15,16). The Labute approximate surface area is 101 Å². The van der Waals surface area contributed by atoms with E-state index in [9.17, 15) is 4.79 Å². The number of aryl methyl sites for hydroxylation is 1. The van der Waals surface area contributed by atoms with Gasteiger partial charge in [-0.05, 0) is 45.2 Å². The molecule has 1 amide bonds. The molecule has 1 fully saturated rings. The third-order valence-electron chi connectivity index (χ3n) is 3.31. The monoisotopic (exact) mass is 236 g/mol. The van der Waals surface area contributed by atoms with Gasteiger partial charge in [0.05, 0.1) is 11.8 Å². The van der Waals surface area contributed by atoms with Crippen molar-refractivity contribution in [3.63, 3.8) is 0 Å². The summed E-state index contributed by atoms with van der Waals surface area (Å²) in [6, 6.07) is 0. The van der Waals surface area contributed by atoms with Crippen molar-refractivity contribution < 1.29 is 4.79 Å². The Morgan fingerprint density at radius 3 is 3.18 bits per heavy atom. The molecule has 94 valence electrons. The van der Waals surface area contributed by atoms with Gasteiger partial charge in [-0.3, -0.25) is 9.89 Å². The van der Waals surface area contributed by atoms with Gasteiger partial charge in [-0.1, -0.05) is 0 Å². The van der Waals surface area contributed by atoms with Crippen LogP contribution >= 0.6 is 0 Å². The van der Waals surface area contributed by atoms with Gasteiger partial charge in [-0.2, -0.15) is 5.10 Å². The first-order valence-electron chi connectivity index (χ1n) is 6.26. The highest BCUT2D eigenvalue weighted by Crippen LogP contribution is 2.13. The smallest absolute Gasteiger partial charge is 0.254 e. The molecule has 1 saturated heterocycles. The van der Waals surface area contributed by atoms with Crippen LogP contribution in [0.15, 0.2) is 6.20 Å². The van der Waals surface area contributed by atoms with Gasteiger partial charge in [-0.25, -0.2) is 0 Å². The van der Waals surface area contributed by atoms with Crippen LogP contribution < -0.4 is 10.6 Å². The lowest BCUT2D eigenvalue weighted by Gasteiger charge is -2.22. The molecule has 5 heteroatoms. The van der Waals surface area contributed by atoms with Crippen LogP contribution in [0.4, 0.5) is 0 Å². The number of aromatic amines is 1. The van der Waals surface area contributed by atoms with Crippen LogP contribution in [-0.4, -0.2) is 35.7 Å². The highest BCUT2D eigenvalue weighted by Gasteiger charge is 2.14. The van der Waals surface area contributed by atoms with E-state index < -0.39 is 0 Å². The molecule has 5 nitrogen and oxygen atoms in total. The molecule has 1 aliphatic rings. The van der Waals surface area contributed by atoms with Gasteiger partial charge in [0.2, 0.25) is 0 Å². The Kier molecular flexibility index (Phi) is 4.14. The lowest BCUT2D eigenvalue weighted by Crippen LogP contribution is -2.33. The first-order valence-corrected chi connectivity index (χ1v) is 6.26. The van der Waals surface area contributed by atoms with E-state index in [1.807, 2.05) is 6.92 Å². The third-order valence-corrected chi connectivity index (χ3v) is 3.31. The normalized spacial score (nSPS) is 20.2. The molecule has 0 bridgehead atoms. The molecule has 2 heterocycles. The molecule has 3 N–H and O–H groups in total. The lowest BCUT2D eigenvalue weighted by molar-refractivity contribution is 0.0950. The summed E-state index contributed by atoms with van der Waals surface area (Å²) in [5.74, 6) is 0.675. The average Bonchev–Trinajstić information content (AvgIpc) is 2.77. The van der Waals surface area contributed by atoms with Crippen molar-refractivity contribution in [2.45, 2.75) is 26.2 Å².